The standard InChI is InChI=1S/C24H18ClFN6O2/c1-14-9-16(13-33-2)18(10-27)22(30-14)32-29-11-19-17-6-4-3-5-15(17)7-8-21(19)34-23-20(26)12-28-24(25)31-23/h3-9,11-12H,13H2,1-2H3,(H,30,32)/b29-11-. The Labute approximate surface area is 199 Å². The summed E-state index contributed by atoms with van der Waals surface area (Å²) in [7, 11) is 1.55. The van der Waals surface area contributed by atoms with Gasteiger partial charge in [-0.05, 0) is 41.4 Å². The zero-order chi connectivity index (χ0) is 24.1. The highest BCUT2D eigenvalue weighted by molar-refractivity contribution is 6.28. The minimum atomic E-state index is -0.758. The van der Waals surface area contributed by atoms with Crippen LogP contribution in [0, 0.1) is 24.1 Å². The lowest BCUT2D eigenvalue weighted by Crippen LogP contribution is -2.04. The molecule has 2 heterocycles. The monoisotopic (exact) mass is 476 g/mol. The van der Waals surface area contributed by atoms with Gasteiger partial charge in [-0.15, -0.1) is 0 Å². The summed E-state index contributed by atoms with van der Waals surface area (Å²) in [5, 5.41) is 15.5. The average molecular weight is 477 g/mol. The first-order valence-corrected chi connectivity index (χ1v) is 10.4. The van der Waals surface area contributed by atoms with Crippen LogP contribution in [0.3, 0.4) is 0 Å². The molecule has 0 spiro atoms. The highest BCUT2D eigenvalue weighted by Crippen LogP contribution is 2.31. The van der Waals surface area contributed by atoms with Gasteiger partial charge in [-0.1, -0.05) is 30.3 Å². The van der Waals surface area contributed by atoms with Gasteiger partial charge < -0.3 is 9.47 Å². The summed E-state index contributed by atoms with van der Waals surface area (Å²) >= 11 is 5.80. The van der Waals surface area contributed by atoms with Crippen molar-refractivity contribution in [2.45, 2.75) is 13.5 Å². The van der Waals surface area contributed by atoms with Gasteiger partial charge in [0.15, 0.2) is 5.82 Å². The van der Waals surface area contributed by atoms with Gasteiger partial charge >= 0.3 is 0 Å². The molecule has 0 saturated carbocycles. The Bertz CT molecular complexity index is 1440. The average Bonchev–Trinajstić information content (AvgIpc) is 2.82. The number of hydrogen-bond acceptors (Lipinski definition) is 8. The fourth-order valence-corrected chi connectivity index (χ4v) is 3.50. The lowest BCUT2D eigenvalue weighted by Gasteiger charge is -2.12. The predicted molar refractivity (Wildman–Crippen MR) is 127 cm³/mol. The molecule has 0 aliphatic heterocycles. The van der Waals surface area contributed by atoms with E-state index in [4.69, 9.17) is 21.1 Å². The van der Waals surface area contributed by atoms with Crippen LogP contribution in [0.25, 0.3) is 10.8 Å². The molecule has 0 unspecified atom stereocenters. The largest absolute Gasteiger partial charge is 0.436 e. The van der Waals surface area contributed by atoms with Crippen molar-refractivity contribution in [3.8, 4) is 17.7 Å². The molecule has 8 nitrogen and oxygen atoms in total. The molecule has 10 heteroatoms. The zero-order valence-corrected chi connectivity index (χ0v) is 19.0. The summed E-state index contributed by atoms with van der Waals surface area (Å²) in [6.07, 6.45) is 2.45. The van der Waals surface area contributed by atoms with Gasteiger partial charge in [0.2, 0.25) is 11.1 Å². The fourth-order valence-electron chi connectivity index (χ4n) is 3.38. The Morgan fingerprint density at radius 1 is 1.24 bits per heavy atom. The van der Waals surface area contributed by atoms with Crippen LogP contribution in [0.4, 0.5) is 10.2 Å². The maximum atomic E-state index is 14.2. The van der Waals surface area contributed by atoms with Crippen molar-refractivity contribution in [2.75, 3.05) is 12.5 Å². The summed E-state index contributed by atoms with van der Waals surface area (Å²) in [5.74, 6) is -0.473. The second-order valence-electron chi connectivity index (χ2n) is 7.15. The predicted octanol–water partition coefficient (Wildman–Crippen LogP) is 5.38. The highest BCUT2D eigenvalue weighted by Gasteiger charge is 2.14. The molecule has 2 aromatic carbocycles. The Kier molecular flexibility index (Phi) is 6.92. The number of rotatable bonds is 7. The summed E-state index contributed by atoms with van der Waals surface area (Å²) in [6.45, 7) is 2.08. The van der Waals surface area contributed by atoms with E-state index in [1.54, 1.807) is 19.2 Å². The van der Waals surface area contributed by atoms with E-state index in [-0.39, 0.29) is 17.8 Å². The molecule has 4 rings (SSSR count). The molecule has 170 valence electrons. The molecule has 0 saturated heterocycles. The second kappa shape index (κ2) is 10.2. The van der Waals surface area contributed by atoms with Gasteiger partial charge in [0.1, 0.15) is 17.4 Å². The topological polar surface area (TPSA) is 105 Å². The van der Waals surface area contributed by atoms with Gasteiger partial charge in [0.05, 0.1) is 19.0 Å². The van der Waals surface area contributed by atoms with Gasteiger partial charge in [0, 0.05) is 23.9 Å². The number of methoxy groups -OCH3 is 1. The number of pyridine rings is 1. The third kappa shape index (κ3) is 4.93. The number of ether oxygens (including phenoxy) is 2. The van der Waals surface area contributed by atoms with Crippen molar-refractivity contribution in [1.82, 2.24) is 15.0 Å². The van der Waals surface area contributed by atoms with Crippen LogP contribution in [-0.4, -0.2) is 28.3 Å². The second-order valence-corrected chi connectivity index (χ2v) is 7.49. The first kappa shape index (κ1) is 23.0. The minimum absolute atomic E-state index is 0.143. The number of fused-ring (bicyclic) bond motifs is 1. The number of hydrazone groups is 1. The van der Waals surface area contributed by atoms with Crippen molar-refractivity contribution in [3.05, 3.63) is 82.1 Å². The molecule has 1 N–H and O–H groups in total. The van der Waals surface area contributed by atoms with Crippen molar-refractivity contribution >= 4 is 34.4 Å². The van der Waals surface area contributed by atoms with E-state index in [1.807, 2.05) is 37.3 Å². The van der Waals surface area contributed by atoms with Crippen LogP contribution in [0.15, 0.2) is 53.8 Å². The van der Waals surface area contributed by atoms with Crippen LogP contribution in [0.1, 0.15) is 22.4 Å². The molecule has 0 amide bonds. The Morgan fingerprint density at radius 2 is 2.06 bits per heavy atom. The number of anilines is 1. The van der Waals surface area contributed by atoms with Crippen LogP contribution in [0.2, 0.25) is 5.28 Å². The van der Waals surface area contributed by atoms with Crippen molar-refractivity contribution < 1.29 is 13.9 Å². The summed E-state index contributed by atoms with van der Waals surface area (Å²) < 4.78 is 25.1. The maximum Gasteiger partial charge on any atom is 0.260 e. The molecular formula is C24H18ClFN6O2. The van der Waals surface area contributed by atoms with E-state index >= 15 is 0 Å². The molecule has 2 aromatic heterocycles. The van der Waals surface area contributed by atoms with Crippen molar-refractivity contribution in [1.29, 1.82) is 5.26 Å². The van der Waals surface area contributed by atoms with Crippen LogP contribution in [0.5, 0.6) is 11.6 Å². The first-order chi connectivity index (χ1) is 16.5. The Balaban J connectivity index is 1.74. The number of aromatic nitrogens is 3. The lowest BCUT2D eigenvalue weighted by atomic mass is 10.0. The van der Waals surface area contributed by atoms with Crippen LogP contribution in [-0.2, 0) is 11.3 Å². The smallest absolute Gasteiger partial charge is 0.260 e. The fraction of sp³-hybridized carbons (Fsp3) is 0.125. The number of nitriles is 1. The molecule has 0 radical (unpaired) electrons. The highest BCUT2D eigenvalue weighted by atomic mass is 35.5. The van der Waals surface area contributed by atoms with Crippen LogP contribution >= 0.6 is 11.6 Å². The van der Waals surface area contributed by atoms with E-state index in [9.17, 15) is 9.65 Å². The molecule has 0 bridgehead atoms. The zero-order valence-electron chi connectivity index (χ0n) is 18.2. The number of aryl methyl sites for hydroxylation is 1. The van der Waals surface area contributed by atoms with Gasteiger partial charge in [-0.3, -0.25) is 5.43 Å². The first-order valence-electron chi connectivity index (χ1n) is 10.1. The van der Waals surface area contributed by atoms with Crippen molar-refractivity contribution in [2.24, 2.45) is 5.10 Å². The molecule has 4 aromatic rings. The number of nitrogens with zero attached hydrogens (tertiary/aromatic N) is 5. The van der Waals surface area contributed by atoms with E-state index in [0.717, 1.165) is 17.0 Å². The minimum Gasteiger partial charge on any atom is -0.436 e. The molecule has 0 aliphatic carbocycles. The Morgan fingerprint density at radius 3 is 2.85 bits per heavy atom. The summed E-state index contributed by atoms with van der Waals surface area (Å²) in [6, 6.07) is 15.0. The van der Waals surface area contributed by atoms with E-state index < -0.39 is 5.82 Å². The summed E-state index contributed by atoms with van der Waals surface area (Å²) in [5.41, 5.74) is 5.12. The molecule has 34 heavy (non-hydrogen) atoms. The number of benzene rings is 2. The maximum absolute atomic E-state index is 14.2. The number of nitrogens with one attached hydrogen (secondary N) is 1. The normalized spacial score (nSPS) is 11.0. The SMILES string of the molecule is COCc1cc(C)nc(N/N=C\c2c(Oc3nc(Cl)ncc3F)ccc3ccccc23)c1C#N. The molecule has 0 fully saturated rings. The molecule has 0 atom stereocenters. The number of hydrogen-bond donors (Lipinski definition) is 1. The van der Waals surface area contributed by atoms with Crippen LogP contribution < -0.4 is 10.2 Å². The quantitative estimate of drug-likeness (QED) is 0.217. The number of halogens is 2. The van der Waals surface area contributed by atoms with E-state index in [0.29, 0.717) is 34.0 Å². The third-order valence-corrected chi connectivity index (χ3v) is 5.01. The summed E-state index contributed by atoms with van der Waals surface area (Å²) in [4.78, 5) is 11.8. The van der Waals surface area contributed by atoms with E-state index in [2.05, 4.69) is 31.5 Å². The Hall–Kier alpha value is -4.13. The van der Waals surface area contributed by atoms with E-state index in [1.165, 1.54) is 6.21 Å². The lowest BCUT2D eigenvalue weighted by molar-refractivity contribution is 0.184. The van der Waals surface area contributed by atoms with Gasteiger partial charge in [-0.25, -0.2) is 9.97 Å². The van der Waals surface area contributed by atoms with Gasteiger partial charge in [-0.2, -0.15) is 19.7 Å². The molecular weight excluding hydrogens is 459 g/mol. The van der Waals surface area contributed by atoms with Crippen molar-refractivity contribution in [3.63, 3.8) is 0 Å². The molecule has 0 aliphatic rings. The van der Waals surface area contributed by atoms with Gasteiger partial charge in [0.25, 0.3) is 5.88 Å². The third-order valence-electron chi connectivity index (χ3n) is 4.82.